The van der Waals surface area contributed by atoms with E-state index in [2.05, 4.69) is 32.3 Å². The van der Waals surface area contributed by atoms with E-state index in [9.17, 15) is 0 Å². The SMILES string of the molecule is COc1ccccc1Nc1nc2cc(Br)ccc2s1. The number of thiazole rings is 1. The molecule has 1 heterocycles. The lowest BCUT2D eigenvalue weighted by Crippen LogP contribution is -1.93. The maximum atomic E-state index is 5.32. The van der Waals surface area contributed by atoms with Crippen LogP contribution in [0.1, 0.15) is 0 Å². The lowest BCUT2D eigenvalue weighted by atomic mass is 10.3. The molecule has 0 radical (unpaired) electrons. The summed E-state index contributed by atoms with van der Waals surface area (Å²) in [5.74, 6) is 0.808. The number of hydrogen-bond donors (Lipinski definition) is 1. The van der Waals surface area contributed by atoms with Crippen molar-refractivity contribution in [1.82, 2.24) is 4.98 Å². The van der Waals surface area contributed by atoms with Gasteiger partial charge in [0, 0.05) is 4.47 Å². The highest BCUT2D eigenvalue weighted by atomic mass is 79.9. The van der Waals surface area contributed by atoms with Crippen LogP contribution in [0.25, 0.3) is 10.2 Å². The number of halogens is 1. The number of fused-ring (bicyclic) bond motifs is 1. The average Bonchev–Trinajstić information content (AvgIpc) is 2.80. The fraction of sp³-hybridized carbons (Fsp3) is 0.0714. The number of benzene rings is 2. The van der Waals surface area contributed by atoms with E-state index in [0.29, 0.717) is 0 Å². The van der Waals surface area contributed by atoms with Crippen molar-refractivity contribution >= 4 is 48.3 Å². The Morgan fingerprint density at radius 1 is 1.21 bits per heavy atom. The smallest absolute Gasteiger partial charge is 0.188 e. The predicted molar refractivity (Wildman–Crippen MR) is 83.6 cm³/mol. The largest absolute Gasteiger partial charge is 0.495 e. The van der Waals surface area contributed by atoms with E-state index in [1.165, 1.54) is 0 Å². The van der Waals surface area contributed by atoms with Crippen LogP contribution in [-0.2, 0) is 0 Å². The Morgan fingerprint density at radius 3 is 2.89 bits per heavy atom. The van der Waals surface area contributed by atoms with Gasteiger partial charge in [-0.1, -0.05) is 39.4 Å². The predicted octanol–water partition coefficient (Wildman–Crippen LogP) is 4.81. The van der Waals surface area contributed by atoms with Crippen molar-refractivity contribution in [1.29, 1.82) is 0 Å². The molecule has 96 valence electrons. The molecule has 0 unspecified atom stereocenters. The molecule has 0 atom stereocenters. The maximum Gasteiger partial charge on any atom is 0.188 e. The molecule has 0 spiro atoms. The third-order valence-electron chi connectivity index (χ3n) is 2.70. The summed E-state index contributed by atoms with van der Waals surface area (Å²) < 4.78 is 7.51. The van der Waals surface area contributed by atoms with Gasteiger partial charge in [0.2, 0.25) is 0 Å². The minimum atomic E-state index is 0.808. The zero-order valence-electron chi connectivity index (χ0n) is 10.2. The lowest BCUT2D eigenvalue weighted by molar-refractivity contribution is 0.417. The van der Waals surface area contributed by atoms with Crippen LogP contribution in [0.5, 0.6) is 5.75 Å². The molecule has 3 rings (SSSR count). The third-order valence-corrected chi connectivity index (χ3v) is 4.14. The van der Waals surface area contributed by atoms with Gasteiger partial charge in [-0.2, -0.15) is 0 Å². The molecule has 0 aliphatic heterocycles. The zero-order chi connectivity index (χ0) is 13.2. The van der Waals surface area contributed by atoms with E-state index in [-0.39, 0.29) is 0 Å². The minimum absolute atomic E-state index is 0.808. The first-order valence-electron chi connectivity index (χ1n) is 5.72. The van der Waals surface area contributed by atoms with Crippen molar-refractivity contribution in [2.24, 2.45) is 0 Å². The fourth-order valence-corrected chi connectivity index (χ4v) is 3.02. The van der Waals surface area contributed by atoms with E-state index >= 15 is 0 Å². The standard InChI is InChI=1S/C14H11BrN2OS/c1-18-12-5-3-2-4-10(12)16-14-17-11-8-9(15)6-7-13(11)19-14/h2-8H,1H3,(H,16,17). The Balaban J connectivity index is 1.96. The van der Waals surface area contributed by atoms with Crippen molar-refractivity contribution in [3.05, 3.63) is 46.9 Å². The maximum absolute atomic E-state index is 5.32. The summed E-state index contributed by atoms with van der Waals surface area (Å²) in [6.45, 7) is 0. The van der Waals surface area contributed by atoms with E-state index < -0.39 is 0 Å². The van der Waals surface area contributed by atoms with Crippen molar-refractivity contribution in [3.63, 3.8) is 0 Å². The Kier molecular flexibility index (Phi) is 3.40. The van der Waals surface area contributed by atoms with Gasteiger partial charge in [0.1, 0.15) is 5.75 Å². The first-order valence-corrected chi connectivity index (χ1v) is 7.33. The van der Waals surface area contributed by atoms with Gasteiger partial charge in [0.05, 0.1) is 23.0 Å². The zero-order valence-corrected chi connectivity index (χ0v) is 12.6. The van der Waals surface area contributed by atoms with E-state index in [0.717, 1.165) is 31.3 Å². The number of anilines is 2. The van der Waals surface area contributed by atoms with Crippen LogP contribution < -0.4 is 10.1 Å². The number of aromatic nitrogens is 1. The van der Waals surface area contributed by atoms with Gasteiger partial charge >= 0.3 is 0 Å². The molecule has 0 fully saturated rings. The Hall–Kier alpha value is -1.59. The highest BCUT2D eigenvalue weighted by Gasteiger charge is 2.07. The minimum Gasteiger partial charge on any atom is -0.495 e. The highest BCUT2D eigenvalue weighted by Crippen LogP contribution is 2.32. The van der Waals surface area contributed by atoms with Crippen LogP contribution in [0.3, 0.4) is 0 Å². The lowest BCUT2D eigenvalue weighted by Gasteiger charge is -2.07. The number of para-hydroxylation sites is 2. The molecule has 0 amide bonds. The molecular formula is C14H11BrN2OS. The number of ether oxygens (including phenoxy) is 1. The molecule has 19 heavy (non-hydrogen) atoms. The molecule has 1 N–H and O–H groups in total. The molecule has 1 aromatic heterocycles. The van der Waals surface area contributed by atoms with Crippen molar-refractivity contribution in [3.8, 4) is 5.75 Å². The molecule has 0 aliphatic rings. The summed E-state index contributed by atoms with van der Waals surface area (Å²) in [5, 5.41) is 4.16. The van der Waals surface area contributed by atoms with E-state index in [1.807, 2.05) is 36.4 Å². The molecule has 5 heteroatoms. The normalized spacial score (nSPS) is 10.6. The topological polar surface area (TPSA) is 34.1 Å². The van der Waals surface area contributed by atoms with Crippen LogP contribution in [0.15, 0.2) is 46.9 Å². The average molecular weight is 335 g/mol. The monoisotopic (exact) mass is 334 g/mol. The Labute approximate surface area is 123 Å². The molecule has 2 aromatic carbocycles. The van der Waals surface area contributed by atoms with E-state index in [4.69, 9.17) is 4.74 Å². The summed E-state index contributed by atoms with van der Waals surface area (Å²) in [7, 11) is 1.66. The molecular weight excluding hydrogens is 324 g/mol. The van der Waals surface area contributed by atoms with Crippen LogP contribution in [-0.4, -0.2) is 12.1 Å². The Morgan fingerprint density at radius 2 is 2.05 bits per heavy atom. The summed E-state index contributed by atoms with van der Waals surface area (Å²) >= 11 is 5.08. The van der Waals surface area contributed by atoms with Crippen molar-refractivity contribution in [2.75, 3.05) is 12.4 Å². The van der Waals surface area contributed by atoms with Gasteiger partial charge in [-0.25, -0.2) is 4.98 Å². The van der Waals surface area contributed by atoms with Gasteiger partial charge < -0.3 is 10.1 Å². The van der Waals surface area contributed by atoms with Crippen molar-refractivity contribution < 1.29 is 4.74 Å². The highest BCUT2D eigenvalue weighted by molar-refractivity contribution is 9.10. The molecule has 0 saturated carbocycles. The van der Waals surface area contributed by atoms with Crippen LogP contribution in [0.4, 0.5) is 10.8 Å². The third kappa shape index (κ3) is 2.57. The molecule has 0 bridgehead atoms. The van der Waals surface area contributed by atoms with Gasteiger partial charge in [0.15, 0.2) is 5.13 Å². The molecule has 0 saturated heterocycles. The van der Waals surface area contributed by atoms with Gasteiger partial charge in [-0.15, -0.1) is 0 Å². The number of nitrogens with one attached hydrogen (secondary N) is 1. The van der Waals surface area contributed by atoms with Gasteiger partial charge in [-0.05, 0) is 30.3 Å². The summed E-state index contributed by atoms with van der Waals surface area (Å²) in [5.41, 5.74) is 1.90. The summed E-state index contributed by atoms with van der Waals surface area (Å²) in [4.78, 5) is 4.57. The second-order valence-electron chi connectivity index (χ2n) is 3.96. The van der Waals surface area contributed by atoms with Crippen LogP contribution in [0.2, 0.25) is 0 Å². The van der Waals surface area contributed by atoms with Crippen LogP contribution in [0, 0.1) is 0 Å². The van der Waals surface area contributed by atoms with Gasteiger partial charge in [0.25, 0.3) is 0 Å². The number of nitrogens with zero attached hydrogens (tertiary/aromatic N) is 1. The first kappa shape index (κ1) is 12.4. The van der Waals surface area contributed by atoms with E-state index in [1.54, 1.807) is 18.4 Å². The number of methoxy groups -OCH3 is 1. The number of hydrogen-bond acceptors (Lipinski definition) is 4. The first-order chi connectivity index (χ1) is 9.26. The number of rotatable bonds is 3. The quantitative estimate of drug-likeness (QED) is 0.746. The van der Waals surface area contributed by atoms with Gasteiger partial charge in [-0.3, -0.25) is 0 Å². The molecule has 3 nitrogen and oxygen atoms in total. The fourth-order valence-electron chi connectivity index (χ4n) is 1.82. The molecule has 0 aliphatic carbocycles. The summed E-state index contributed by atoms with van der Waals surface area (Å²) in [6.07, 6.45) is 0. The molecule has 3 aromatic rings. The van der Waals surface area contributed by atoms with Crippen molar-refractivity contribution in [2.45, 2.75) is 0 Å². The summed E-state index contributed by atoms with van der Waals surface area (Å²) in [6, 6.07) is 13.9. The Bertz CT molecular complexity index is 726. The second-order valence-corrected chi connectivity index (χ2v) is 5.90. The van der Waals surface area contributed by atoms with Crippen LogP contribution >= 0.6 is 27.3 Å². The second kappa shape index (κ2) is 5.19.